The molecule has 1 unspecified atom stereocenters. The Hall–Kier alpha value is -0.160. The Morgan fingerprint density at radius 2 is 1.91 bits per heavy atom. The highest BCUT2D eigenvalue weighted by Crippen LogP contribution is 1.91. The number of aliphatic hydroxyl groups excluding tert-OH is 3. The average Bonchev–Trinajstić information content (AvgIpc) is 2.04. The van der Waals surface area contributed by atoms with Gasteiger partial charge in [-0.1, -0.05) is 0 Å². The van der Waals surface area contributed by atoms with E-state index in [4.69, 9.17) is 20.1 Å². The first-order valence-electron chi connectivity index (χ1n) is 3.78. The van der Waals surface area contributed by atoms with Crippen LogP contribution in [0, 0.1) is 0 Å². The Morgan fingerprint density at radius 1 is 1.18 bits per heavy atom. The Bertz CT molecular complexity index is 76.8. The maximum absolute atomic E-state index is 8.84. The predicted octanol–water partition coefficient (Wildman–Crippen LogP) is -0.871. The van der Waals surface area contributed by atoms with Crippen LogP contribution in [0.3, 0.4) is 0 Å². The molecule has 0 spiro atoms. The van der Waals surface area contributed by atoms with E-state index < -0.39 is 6.10 Å². The predicted molar refractivity (Wildman–Crippen MR) is 40.2 cm³/mol. The smallest absolute Gasteiger partial charge is 0.0792 e. The van der Waals surface area contributed by atoms with Gasteiger partial charge in [-0.25, -0.2) is 0 Å². The molecule has 3 N–H and O–H groups in total. The van der Waals surface area contributed by atoms with Crippen LogP contribution in [-0.2, 0) is 4.74 Å². The van der Waals surface area contributed by atoms with E-state index in [0.29, 0.717) is 26.1 Å². The molecular formula is C7H16O4. The van der Waals surface area contributed by atoms with Gasteiger partial charge in [0.15, 0.2) is 0 Å². The number of hydrogen-bond donors (Lipinski definition) is 3. The Balaban J connectivity index is 2.89. The van der Waals surface area contributed by atoms with E-state index in [1.54, 1.807) is 0 Å². The lowest BCUT2D eigenvalue weighted by Crippen LogP contribution is -2.15. The number of ether oxygens (including phenoxy) is 1. The fourth-order valence-corrected chi connectivity index (χ4v) is 0.579. The maximum atomic E-state index is 8.84. The largest absolute Gasteiger partial charge is 0.396 e. The van der Waals surface area contributed by atoms with Crippen molar-refractivity contribution < 1.29 is 20.1 Å². The molecule has 0 amide bonds. The van der Waals surface area contributed by atoms with Crippen molar-refractivity contribution in [1.29, 1.82) is 0 Å². The lowest BCUT2D eigenvalue weighted by molar-refractivity contribution is 0.0450. The van der Waals surface area contributed by atoms with E-state index in [9.17, 15) is 0 Å². The summed E-state index contributed by atoms with van der Waals surface area (Å²) in [4.78, 5) is 0. The van der Waals surface area contributed by atoms with Crippen LogP contribution in [0.2, 0.25) is 0 Å². The summed E-state index contributed by atoms with van der Waals surface area (Å²) in [7, 11) is 0. The van der Waals surface area contributed by atoms with Gasteiger partial charge in [0.1, 0.15) is 0 Å². The van der Waals surface area contributed by atoms with Crippen molar-refractivity contribution in [2.45, 2.75) is 18.9 Å². The summed E-state index contributed by atoms with van der Waals surface area (Å²) in [5.41, 5.74) is 0. The van der Waals surface area contributed by atoms with Gasteiger partial charge in [0.25, 0.3) is 0 Å². The molecule has 0 bridgehead atoms. The van der Waals surface area contributed by atoms with Crippen LogP contribution in [0.5, 0.6) is 0 Å². The summed E-state index contributed by atoms with van der Waals surface area (Å²) >= 11 is 0. The number of rotatable bonds is 7. The van der Waals surface area contributed by atoms with Crippen molar-refractivity contribution in [3.05, 3.63) is 0 Å². The van der Waals surface area contributed by atoms with E-state index >= 15 is 0 Å². The van der Waals surface area contributed by atoms with Crippen molar-refractivity contribution in [2.75, 3.05) is 26.4 Å². The monoisotopic (exact) mass is 164 g/mol. The topological polar surface area (TPSA) is 69.9 Å². The normalized spacial score (nSPS) is 13.4. The van der Waals surface area contributed by atoms with Crippen molar-refractivity contribution in [2.24, 2.45) is 0 Å². The minimum atomic E-state index is -0.677. The van der Waals surface area contributed by atoms with E-state index in [2.05, 4.69) is 0 Å². The third-order valence-electron chi connectivity index (χ3n) is 1.25. The van der Waals surface area contributed by atoms with Gasteiger partial charge in [0.05, 0.1) is 12.7 Å². The minimum absolute atomic E-state index is 0.128. The molecule has 0 radical (unpaired) electrons. The molecule has 0 aliphatic rings. The van der Waals surface area contributed by atoms with Crippen LogP contribution >= 0.6 is 0 Å². The van der Waals surface area contributed by atoms with Gasteiger partial charge in [-0.15, -0.1) is 0 Å². The second kappa shape index (κ2) is 7.94. The summed E-state index contributed by atoms with van der Waals surface area (Å²) in [5.74, 6) is 0. The maximum Gasteiger partial charge on any atom is 0.0792 e. The van der Waals surface area contributed by atoms with Gasteiger partial charge < -0.3 is 20.1 Å². The van der Waals surface area contributed by atoms with E-state index in [1.807, 2.05) is 0 Å². The van der Waals surface area contributed by atoms with Gasteiger partial charge in [-0.2, -0.15) is 0 Å². The molecule has 4 heteroatoms. The minimum Gasteiger partial charge on any atom is -0.396 e. The summed E-state index contributed by atoms with van der Waals surface area (Å²) in [5, 5.41) is 25.6. The highest BCUT2D eigenvalue weighted by molar-refractivity contribution is 4.50. The number of aliphatic hydroxyl groups is 3. The first-order valence-corrected chi connectivity index (χ1v) is 3.78. The quantitative estimate of drug-likeness (QED) is 0.428. The van der Waals surface area contributed by atoms with Crippen molar-refractivity contribution >= 4 is 0 Å². The van der Waals surface area contributed by atoms with Gasteiger partial charge in [-0.05, 0) is 12.8 Å². The van der Waals surface area contributed by atoms with E-state index in [-0.39, 0.29) is 13.2 Å². The highest BCUT2D eigenvalue weighted by atomic mass is 16.5. The molecule has 0 rings (SSSR count). The summed E-state index contributed by atoms with van der Waals surface area (Å²) in [6.07, 6.45) is 0.390. The van der Waals surface area contributed by atoms with Crippen LogP contribution in [0.25, 0.3) is 0 Å². The molecule has 0 fully saturated rings. The van der Waals surface area contributed by atoms with Crippen molar-refractivity contribution in [1.82, 2.24) is 0 Å². The molecule has 0 aromatic heterocycles. The van der Waals surface area contributed by atoms with Gasteiger partial charge >= 0.3 is 0 Å². The van der Waals surface area contributed by atoms with Crippen LogP contribution in [0.1, 0.15) is 12.8 Å². The fraction of sp³-hybridized carbons (Fsp3) is 1.00. The van der Waals surface area contributed by atoms with Crippen molar-refractivity contribution in [3.63, 3.8) is 0 Å². The average molecular weight is 164 g/mol. The van der Waals surface area contributed by atoms with Crippen LogP contribution in [0.4, 0.5) is 0 Å². The van der Waals surface area contributed by atoms with Crippen LogP contribution < -0.4 is 0 Å². The standard InChI is InChI=1S/C7H16O4/c8-3-1-4-11-5-2-7(10)6-9/h7-10H,1-6H2. The summed E-state index contributed by atoms with van der Waals surface area (Å²) in [6.45, 7) is 0.849. The van der Waals surface area contributed by atoms with E-state index in [1.165, 1.54) is 0 Å². The third kappa shape index (κ3) is 7.74. The Morgan fingerprint density at radius 3 is 2.45 bits per heavy atom. The van der Waals surface area contributed by atoms with Gasteiger partial charge in [0.2, 0.25) is 0 Å². The lowest BCUT2D eigenvalue weighted by Gasteiger charge is -2.06. The SMILES string of the molecule is OCCCOCCC(O)CO. The van der Waals surface area contributed by atoms with Crippen LogP contribution in [-0.4, -0.2) is 47.9 Å². The zero-order valence-corrected chi connectivity index (χ0v) is 6.57. The van der Waals surface area contributed by atoms with Crippen molar-refractivity contribution in [3.8, 4) is 0 Å². The first-order chi connectivity index (χ1) is 5.31. The molecule has 11 heavy (non-hydrogen) atoms. The summed E-state index contributed by atoms with van der Waals surface area (Å²) in [6, 6.07) is 0. The lowest BCUT2D eigenvalue weighted by atomic mass is 10.3. The molecule has 0 saturated heterocycles. The number of hydrogen-bond acceptors (Lipinski definition) is 4. The fourth-order valence-electron chi connectivity index (χ4n) is 0.579. The molecule has 0 aromatic rings. The third-order valence-corrected chi connectivity index (χ3v) is 1.25. The van der Waals surface area contributed by atoms with E-state index in [0.717, 1.165) is 0 Å². The zero-order valence-electron chi connectivity index (χ0n) is 6.57. The Kier molecular flexibility index (Phi) is 7.83. The highest BCUT2D eigenvalue weighted by Gasteiger charge is 1.99. The molecule has 0 saturated carbocycles. The molecule has 0 aromatic carbocycles. The second-order valence-corrected chi connectivity index (χ2v) is 2.31. The molecule has 0 heterocycles. The second-order valence-electron chi connectivity index (χ2n) is 2.31. The Labute approximate surface area is 66.4 Å². The molecule has 68 valence electrons. The van der Waals surface area contributed by atoms with Gasteiger partial charge in [-0.3, -0.25) is 0 Å². The molecule has 0 aliphatic heterocycles. The first kappa shape index (κ1) is 10.8. The van der Waals surface area contributed by atoms with Gasteiger partial charge in [0, 0.05) is 19.8 Å². The molecule has 0 aliphatic carbocycles. The molecular weight excluding hydrogens is 148 g/mol. The zero-order chi connectivity index (χ0) is 8.53. The summed E-state index contributed by atoms with van der Waals surface area (Å²) < 4.78 is 5.02. The molecule has 1 atom stereocenters. The van der Waals surface area contributed by atoms with Crippen LogP contribution in [0.15, 0.2) is 0 Å². The molecule has 4 nitrogen and oxygen atoms in total.